The van der Waals surface area contributed by atoms with E-state index < -0.39 is 0 Å². The highest BCUT2D eigenvalue weighted by Gasteiger charge is 2.02. The Bertz CT molecular complexity index is 502. The molecule has 0 unspecified atom stereocenters. The van der Waals surface area contributed by atoms with Gasteiger partial charge in [-0.05, 0) is 26.0 Å². The van der Waals surface area contributed by atoms with Crippen molar-refractivity contribution in [3.63, 3.8) is 0 Å². The second-order valence-electron chi connectivity index (χ2n) is 4.03. The molecule has 2 nitrogen and oxygen atoms in total. The largest absolute Gasteiger partial charge is 0.397 e. The van der Waals surface area contributed by atoms with Crippen LogP contribution in [-0.2, 0) is 6.54 Å². The molecule has 0 aliphatic carbocycles. The van der Waals surface area contributed by atoms with Crippen molar-refractivity contribution in [3.8, 4) is 0 Å². The zero-order valence-electron chi connectivity index (χ0n) is 9.20. The van der Waals surface area contributed by atoms with Crippen LogP contribution in [0.4, 0.5) is 5.69 Å². The summed E-state index contributed by atoms with van der Waals surface area (Å²) in [6.07, 6.45) is 4.28. The monoisotopic (exact) mass is 200 g/mol. The van der Waals surface area contributed by atoms with Gasteiger partial charge in [0.2, 0.25) is 0 Å². The average molecular weight is 200 g/mol. The molecule has 78 valence electrons. The quantitative estimate of drug-likeness (QED) is 0.585. The molecule has 0 saturated carbocycles. The number of allylic oxidation sites excluding steroid dienone is 2. The smallest absolute Gasteiger partial charge is 0.0716 e. The molecular formula is C13H16N2. The number of nitrogens with zero attached hydrogens (tertiary/aromatic N) is 1. The van der Waals surface area contributed by atoms with Crippen LogP contribution < -0.4 is 5.73 Å². The van der Waals surface area contributed by atoms with Crippen LogP contribution in [0.15, 0.2) is 42.1 Å². The first-order chi connectivity index (χ1) is 7.18. The summed E-state index contributed by atoms with van der Waals surface area (Å²) in [5.41, 5.74) is 9.27. The first-order valence-electron chi connectivity index (χ1n) is 5.15. The maximum atomic E-state index is 5.97. The van der Waals surface area contributed by atoms with E-state index in [9.17, 15) is 0 Å². The van der Waals surface area contributed by atoms with Crippen molar-refractivity contribution in [2.75, 3.05) is 5.73 Å². The van der Waals surface area contributed by atoms with Crippen LogP contribution in [0.3, 0.4) is 0 Å². The number of nitrogen functional groups attached to an aromatic ring is 1. The van der Waals surface area contributed by atoms with E-state index in [1.165, 1.54) is 11.0 Å². The Morgan fingerprint density at radius 2 is 2.13 bits per heavy atom. The van der Waals surface area contributed by atoms with Crippen LogP contribution in [0, 0.1) is 0 Å². The van der Waals surface area contributed by atoms with E-state index in [1.54, 1.807) is 0 Å². The minimum absolute atomic E-state index is 0.847. The number of rotatable bonds is 2. The first kappa shape index (κ1) is 9.84. The van der Waals surface area contributed by atoms with Crippen molar-refractivity contribution in [2.45, 2.75) is 20.4 Å². The molecule has 0 aliphatic heterocycles. The number of nitrogens with two attached hydrogens (primary N) is 1. The summed E-state index contributed by atoms with van der Waals surface area (Å²) in [5, 5.41) is 1.21. The van der Waals surface area contributed by atoms with E-state index in [1.807, 2.05) is 12.1 Å². The SMILES string of the molecule is CC(C)=CCn1ccc2cccc(N)c21. The lowest BCUT2D eigenvalue weighted by molar-refractivity contribution is 0.857. The third kappa shape index (κ3) is 1.89. The second kappa shape index (κ2) is 3.81. The van der Waals surface area contributed by atoms with E-state index in [0.29, 0.717) is 0 Å². The van der Waals surface area contributed by atoms with Crippen LogP contribution in [0.1, 0.15) is 13.8 Å². The lowest BCUT2D eigenvalue weighted by atomic mass is 10.2. The van der Waals surface area contributed by atoms with Gasteiger partial charge in [0.25, 0.3) is 0 Å². The predicted octanol–water partition coefficient (Wildman–Crippen LogP) is 3.19. The zero-order chi connectivity index (χ0) is 10.8. The fourth-order valence-corrected chi connectivity index (χ4v) is 1.72. The predicted molar refractivity (Wildman–Crippen MR) is 65.8 cm³/mol. The lowest BCUT2D eigenvalue weighted by Gasteiger charge is -2.04. The van der Waals surface area contributed by atoms with Gasteiger partial charge in [-0.3, -0.25) is 0 Å². The first-order valence-corrected chi connectivity index (χ1v) is 5.15. The summed E-state index contributed by atoms with van der Waals surface area (Å²) in [6.45, 7) is 5.10. The van der Waals surface area contributed by atoms with Gasteiger partial charge in [0.05, 0.1) is 11.2 Å². The minimum Gasteiger partial charge on any atom is -0.397 e. The van der Waals surface area contributed by atoms with E-state index in [4.69, 9.17) is 5.73 Å². The Kier molecular flexibility index (Phi) is 2.50. The Hall–Kier alpha value is -1.70. The molecular weight excluding hydrogens is 184 g/mol. The highest BCUT2D eigenvalue weighted by molar-refractivity contribution is 5.90. The van der Waals surface area contributed by atoms with Crippen molar-refractivity contribution in [3.05, 3.63) is 42.1 Å². The molecule has 0 spiro atoms. The molecule has 2 rings (SSSR count). The maximum absolute atomic E-state index is 5.97. The molecule has 0 bridgehead atoms. The molecule has 0 fully saturated rings. The molecule has 0 amide bonds. The van der Waals surface area contributed by atoms with Gasteiger partial charge in [0.15, 0.2) is 0 Å². The molecule has 2 heteroatoms. The Labute approximate surface area is 90.0 Å². The standard InChI is InChI=1S/C13H16N2/c1-10(2)6-8-15-9-7-11-4-3-5-12(14)13(11)15/h3-7,9H,8,14H2,1-2H3. The molecule has 1 aromatic carbocycles. The fraction of sp³-hybridized carbons (Fsp3) is 0.231. The number of hydrogen-bond donors (Lipinski definition) is 1. The number of para-hydroxylation sites is 1. The molecule has 0 aliphatic rings. The van der Waals surface area contributed by atoms with Gasteiger partial charge in [0.1, 0.15) is 0 Å². The van der Waals surface area contributed by atoms with Gasteiger partial charge in [-0.2, -0.15) is 0 Å². The minimum atomic E-state index is 0.847. The van der Waals surface area contributed by atoms with Crippen molar-refractivity contribution in [1.29, 1.82) is 0 Å². The summed E-state index contributed by atoms with van der Waals surface area (Å²) in [7, 11) is 0. The Balaban J connectivity index is 2.48. The summed E-state index contributed by atoms with van der Waals surface area (Å²) < 4.78 is 2.18. The van der Waals surface area contributed by atoms with Gasteiger partial charge in [-0.1, -0.05) is 23.8 Å². The fourth-order valence-electron chi connectivity index (χ4n) is 1.72. The molecule has 15 heavy (non-hydrogen) atoms. The van der Waals surface area contributed by atoms with Crippen molar-refractivity contribution in [1.82, 2.24) is 4.57 Å². The Morgan fingerprint density at radius 1 is 1.33 bits per heavy atom. The summed E-state index contributed by atoms with van der Waals surface area (Å²) in [5.74, 6) is 0. The van der Waals surface area contributed by atoms with Crippen LogP contribution in [0.2, 0.25) is 0 Å². The third-order valence-corrected chi connectivity index (χ3v) is 2.52. The topological polar surface area (TPSA) is 30.9 Å². The summed E-state index contributed by atoms with van der Waals surface area (Å²) in [4.78, 5) is 0. The van der Waals surface area contributed by atoms with Gasteiger partial charge in [0, 0.05) is 18.1 Å². The van der Waals surface area contributed by atoms with Crippen LogP contribution in [-0.4, -0.2) is 4.57 Å². The highest BCUT2D eigenvalue weighted by atomic mass is 15.0. The second-order valence-corrected chi connectivity index (χ2v) is 4.03. The van der Waals surface area contributed by atoms with Crippen molar-refractivity contribution < 1.29 is 0 Å². The van der Waals surface area contributed by atoms with E-state index in [0.717, 1.165) is 17.7 Å². The van der Waals surface area contributed by atoms with Crippen LogP contribution in [0.5, 0.6) is 0 Å². The summed E-state index contributed by atoms with van der Waals surface area (Å²) >= 11 is 0. The average Bonchev–Trinajstić information content (AvgIpc) is 2.59. The molecule has 1 heterocycles. The van der Waals surface area contributed by atoms with Gasteiger partial charge < -0.3 is 10.3 Å². The maximum Gasteiger partial charge on any atom is 0.0716 e. The molecule has 2 aromatic rings. The molecule has 0 radical (unpaired) electrons. The lowest BCUT2D eigenvalue weighted by Crippen LogP contribution is -1.96. The third-order valence-electron chi connectivity index (χ3n) is 2.52. The van der Waals surface area contributed by atoms with Gasteiger partial charge in [-0.15, -0.1) is 0 Å². The molecule has 1 aromatic heterocycles. The molecule has 0 atom stereocenters. The van der Waals surface area contributed by atoms with Crippen LogP contribution >= 0.6 is 0 Å². The number of benzene rings is 1. The number of fused-ring (bicyclic) bond motifs is 1. The van der Waals surface area contributed by atoms with E-state index >= 15 is 0 Å². The van der Waals surface area contributed by atoms with Crippen molar-refractivity contribution >= 4 is 16.6 Å². The van der Waals surface area contributed by atoms with Crippen molar-refractivity contribution in [2.24, 2.45) is 0 Å². The van der Waals surface area contributed by atoms with Gasteiger partial charge >= 0.3 is 0 Å². The molecule has 2 N–H and O–H groups in total. The zero-order valence-corrected chi connectivity index (χ0v) is 9.20. The van der Waals surface area contributed by atoms with E-state index in [-0.39, 0.29) is 0 Å². The number of aromatic nitrogens is 1. The normalized spacial score (nSPS) is 10.5. The summed E-state index contributed by atoms with van der Waals surface area (Å²) in [6, 6.07) is 8.12. The van der Waals surface area contributed by atoms with Crippen LogP contribution in [0.25, 0.3) is 10.9 Å². The van der Waals surface area contributed by atoms with Gasteiger partial charge in [-0.25, -0.2) is 0 Å². The molecule has 0 saturated heterocycles. The van der Waals surface area contributed by atoms with E-state index in [2.05, 4.69) is 42.8 Å². The number of hydrogen-bond acceptors (Lipinski definition) is 1. The highest BCUT2D eigenvalue weighted by Crippen LogP contribution is 2.22. The Morgan fingerprint density at radius 3 is 2.87 bits per heavy atom. The number of anilines is 1.